The van der Waals surface area contributed by atoms with Crippen molar-refractivity contribution in [3.63, 3.8) is 0 Å². The van der Waals surface area contributed by atoms with E-state index in [2.05, 4.69) is 0 Å². The van der Waals surface area contributed by atoms with E-state index in [0.29, 0.717) is 5.75 Å². The summed E-state index contributed by atoms with van der Waals surface area (Å²) in [6.45, 7) is 0.903. The zero-order chi connectivity index (χ0) is 13.8. The number of benzene rings is 1. The average molecular weight is 264 g/mol. The van der Waals surface area contributed by atoms with Crippen molar-refractivity contribution in [3.8, 4) is 5.75 Å². The number of rotatable bonds is 11. The Hall–Kier alpha value is -1.02. The van der Waals surface area contributed by atoms with Crippen molar-refractivity contribution in [1.82, 2.24) is 0 Å². The van der Waals surface area contributed by atoms with Gasteiger partial charge in [-0.05, 0) is 30.9 Å². The Morgan fingerprint density at radius 1 is 0.842 bits per heavy atom. The predicted octanol–water partition coefficient (Wildman–Crippen LogP) is 4.70. The molecule has 2 nitrogen and oxygen atoms in total. The largest absolute Gasteiger partial charge is 0.508 e. The molecule has 0 aliphatic heterocycles. The van der Waals surface area contributed by atoms with Crippen molar-refractivity contribution in [2.75, 3.05) is 13.7 Å². The molecule has 1 aromatic rings. The van der Waals surface area contributed by atoms with Gasteiger partial charge in [0.2, 0.25) is 0 Å². The van der Waals surface area contributed by atoms with E-state index in [1.165, 1.54) is 51.4 Å². The number of aromatic hydroxyl groups is 1. The number of aryl methyl sites for hydroxylation is 1. The molecular formula is C17H28O2. The van der Waals surface area contributed by atoms with Crippen molar-refractivity contribution >= 4 is 0 Å². The van der Waals surface area contributed by atoms with Crippen LogP contribution < -0.4 is 0 Å². The summed E-state index contributed by atoms with van der Waals surface area (Å²) in [5.41, 5.74) is 1.09. The number of para-hydroxylation sites is 1. The van der Waals surface area contributed by atoms with Crippen molar-refractivity contribution in [2.24, 2.45) is 0 Å². The zero-order valence-corrected chi connectivity index (χ0v) is 12.2. The van der Waals surface area contributed by atoms with Crippen LogP contribution in [0.3, 0.4) is 0 Å². The van der Waals surface area contributed by atoms with E-state index >= 15 is 0 Å². The molecule has 1 N–H and O–H groups in total. The summed E-state index contributed by atoms with van der Waals surface area (Å²) in [6, 6.07) is 7.66. The van der Waals surface area contributed by atoms with Crippen LogP contribution in [-0.2, 0) is 11.2 Å². The summed E-state index contributed by atoms with van der Waals surface area (Å²) >= 11 is 0. The second-order valence-electron chi connectivity index (χ2n) is 5.20. The zero-order valence-electron chi connectivity index (χ0n) is 12.2. The molecule has 0 bridgehead atoms. The van der Waals surface area contributed by atoms with Crippen molar-refractivity contribution in [1.29, 1.82) is 0 Å². The first-order valence-corrected chi connectivity index (χ1v) is 7.60. The standard InChI is InChI=1S/C17H28O2/c1-19-15-11-7-5-3-2-4-6-8-12-16-13-9-10-14-17(16)18/h9-10,13-14,18H,2-8,11-12,15H2,1H3. The molecule has 0 atom stereocenters. The molecule has 0 unspecified atom stereocenters. The lowest BCUT2D eigenvalue weighted by atomic mass is 10.0. The van der Waals surface area contributed by atoms with Crippen LogP contribution in [0.2, 0.25) is 0 Å². The van der Waals surface area contributed by atoms with Gasteiger partial charge in [-0.15, -0.1) is 0 Å². The maximum atomic E-state index is 9.64. The number of unbranched alkanes of at least 4 members (excludes halogenated alkanes) is 7. The number of hydrogen-bond donors (Lipinski definition) is 1. The van der Waals surface area contributed by atoms with Gasteiger partial charge >= 0.3 is 0 Å². The van der Waals surface area contributed by atoms with Gasteiger partial charge in [-0.2, -0.15) is 0 Å². The molecular weight excluding hydrogens is 236 g/mol. The Labute approximate surface area is 117 Å². The first-order chi connectivity index (χ1) is 9.34. The van der Waals surface area contributed by atoms with Gasteiger partial charge < -0.3 is 9.84 Å². The fraction of sp³-hybridized carbons (Fsp3) is 0.647. The normalized spacial score (nSPS) is 10.8. The van der Waals surface area contributed by atoms with Gasteiger partial charge in [0.05, 0.1) is 0 Å². The Balaban J connectivity index is 1.90. The van der Waals surface area contributed by atoms with Crippen LogP contribution in [0, 0.1) is 0 Å². The van der Waals surface area contributed by atoms with Crippen LogP contribution in [0.1, 0.15) is 56.9 Å². The topological polar surface area (TPSA) is 29.5 Å². The average Bonchev–Trinajstić information content (AvgIpc) is 2.43. The van der Waals surface area contributed by atoms with Gasteiger partial charge in [0, 0.05) is 13.7 Å². The minimum atomic E-state index is 0.445. The van der Waals surface area contributed by atoms with E-state index in [-0.39, 0.29) is 0 Å². The Kier molecular flexibility index (Phi) is 9.17. The highest BCUT2D eigenvalue weighted by molar-refractivity contribution is 5.31. The molecule has 0 radical (unpaired) electrons. The van der Waals surface area contributed by atoms with Crippen LogP contribution in [-0.4, -0.2) is 18.8 Å². The second-order valence-corrected chi connectivity index (χ2v) is 5.20. The summed E-state index contributed by atoms with van der Waals surface area (Å²) in [6.07, 6.45) is 11.3. The maximum Gasteiger partial charge on any atom is 0.118 e. The Bertz CT molecular complexity index is 323. The van der Waals surface area contributed by atoms with Crippen LogP contribution in [0.15, 0.2) is 24.3 Å². The molecule has 1 aromatic carbocycles. The highest BCUT2D eigenvalue weighted by Crippen LogP contribution is 2.18. The molecule has 0 aliphatic rings. The van der Waals surface area contributed by atoms with E-state index < -0.39 is 0 Å². The molecule has 1 rings (SSSR count). The van der Waals surface area contributed by atoms with Gasteiger partial charge in [0.1, 0.15) is 5.75 Å². The summed E-state index contributed by atoms with van der Waals surface area (Å²) in [7, 11) is 1.77. The van der Waals surface area contributed by atoms with Crippen LogP contribution in [0.4, 0.5) is 0 Å². The number of ether oxygens (including phenoxy) is 1. The molecule has 0 aromatic heterocycles. The lowest BCUT2D eigenvalue weighted by Crippen LogP contribution is -1.89. The molecule has 0 aliphatic carbocycles. The number of phenols is 1. The molecule has 2 heteroatoms. The van der Waals surface area contributed by atoms with E-state index in [4.69, 9.17) is 4.74 Å². The molecule has 0 saturated heterocycles. The van der Waals surface area contributed by atoms with E-state index in [1.807, 2.05) is 18.2 Å². The monoisotopic (exact) mass is 264 g/mol. The molecule has 0 saturated carbocycles. The number of hydrogen-bond acceptors (Lipinski definition) is 2. The van der Waals surface area contributed by atoms with Gasteiger partial charge in [-0.25, -0.2) is 0 Å². The van der Waals surface area contributed by atoms with Crippen molar-refractivity contribution in [2.45, 2.75) is 57.8 Å². The highest BCUT2D eigenvalue weighted by Gasteiger charge is 1.99. The minimum absolute atomic E-state index is 0.445. The fourth-order valence-corrected chi connectivity index (χ4v) is 2.34. The molecule has 0 amide bonds. The summed E-state index contributed by atoms with van der Waals surface area (Å²) < 4.78 is 5.03. The summed E-state index contributed by atoms with van der Waals surface area (Å²) in [4.78, 5) is 0. The van der Waals surface area contributed by atoms with Crippen molar-refractivity contribution in [3.05, 3.63) is 29.8 Å². The summed E-state index contributed by atoms with van der Waals surface area (Å²) in [5.74, 6) is 0.445. The second kappa shape index (κ2) is 10.9. The van der Waals surface area contributed by atoms with Gasteiger partial charge in [-0.1, -0.05) is 56.7 Å². The molecule has 0 spiro atoms. The Morgan fingerprint density at radius 3 is 2.05 bits per heavy atom. The number of methoxy groups -OCH3 is 1. The van der Waals surface area contributed by atoms with Crippen LogP contribution >= 0.6 is 0 Å². The lowest BCUT2D eigenvalue weighted by Gasteiger charge is -2.04. The molecule has 108 valence electrons. The maximum absolute atomic E-state index is 9.64. The van der Waals surface area contributed by atoms with Crippen LogP contribution in [0.5, 0.6) is 5.75 Å². The smallest absolute Gasteiger partial charge is 0.118 e. The van der Waals surface area contributed by atoms with E-state index in [9.17, 15) is 5.11 Å². The van der Waals surface area contributed by atoms with Crippen molar-refractivity contribution < 1.29 is 9.84 Å². The third-order valence-corrected chi connectivity index (χ3v) is 3.54. The van der Waals surface area contributed by atoms with Crippen LogP contribution in [0.25, 0.3) is 0 Å². The quantitative estimate of drug-likeness (QED) is 0.587. The van der Waals surface area contributed by atoms with Gasteiger partial charge in [0.25, 0.3) is 0 Å². The third kappa shape index (κ3) is 7.89. The SMILES string of the molecule is COCCCCCCCCCCc1ccccc1O. The Morgan fingerprint density at radius 2 is 1.42 bits per heavy atom. The number of phenolic OH excluding ortho intramolecular Hbond substituents is 1. The lowest BCUT2D eigenvalue weighted by molar-refractivity contribution is 0.192. The minimum Gasteiger partial charge on any atom is -0.508 e. The first kappa shape index (κ1) is 16.0. The predicted molar refractivity (Wildman–Crippen MR) is 80.6 cm³/mol. The fourth-order valence-electron chi connectivity index (χ4n) is 2.34. The highest BCUT2D eigenvalue weighted by atomic mass is 16.5. The van der Waals surface area contributed by atoms with Gasteiger partial charge in [-0.3, -0.25) is 0 Å². The van der Waals surface area contributed by atoms with E-state index in [1.54, 1.807) is 13.2 Å². The third-order valence-electron chi connectivity index (χ3n) is 3.54. The molecule has 0 heterocycles. The molecule has 19 heavy (non-hydrogen) atoms. The summed E-state index contributed by atoms with van der Waals surface area (Å²) in [5, 5.41) is 9.64. The van der Waals surface area contributed by atoms with E-state index in [0.717, 1.165) is 18.6 Å². The molecule has 0 fully saturated rings. The van der Waals surface area contributed by atoms with Gasteiger partial charge in [0.15, 0.2) is 0 Å². The first-order valence-electron chi connectivity index (χ1n) is 7.60.